The van der Waals surface area contributed by atoms with Gasteiger partial charge < -0.3 is 15.6 Å². The van der Waals surface area contributed by atoms with Crippen LogP contribution in [0.25, 0.3) is 0 Å². The highest BCUT2D eigenvalue weighted by Crippen LogP contribution is 2.16. The van der Waals surface area contributed by atoms with Crippen LogP contribution in [0.3, 0.4) is 0 Å². The summed E-state index contributed by atoms with van der Waals surface area (Å²) in [5, 5.41) is 6.12. The molecule has 0 spiro atoms. The molecule has 1 amide bonds. The van der Waals surface area contributed by atoms with Crippen LogP contribution >= 0.6 is 0 Å². The molecule has 1 aromatic heterocycles. The van der Waals surface area contributed by atoms with Crippen LogP contribution in [-0.2, 0) is 11.3 Å². The molecule has 0 bridgehead atoms. The molecule has 3 N–H and O–H groups in total. The third kappa shape index (κ3) is 3.84. The number of aryl methyl sites for hydroxylation is 1. The second-order valence-corrected chi connectivity index (χ2v) is 4.33. The topological polar surface area (TPSA) is 69.8 Å². The first-order valence-corrected chi connectivity index (χ1v) is 6.31. The van der Waals surface area contributed by atoms with Crippen LogP contribution in [0.4, 0.5) is 11.4 Å². The monoisotopic (exact) mass is 258 g/mol. The van der Waals surface area contributed by atoms with Crippen molar-refractivity contribution >= 4 is 17.3 Å². The number of nitrogens with zero attached hydrogens (tertiary/aromatic N) is 1. The Labute approximate surface area is 112 Å². The van der Waals surface area contributed by atoms with Crippen molar-refractivity contribution in [2.45, 2.75) is 26.8 Å². The molecule has 19 heavy (non-hydrogen) atoms. The van der Waals surface area contributed by atoms with E-state index >= 15 is 0 Å². The fraction of sp³-hybridized carbons (Fsp3) is 0.286. The van der Waals surface area contributed by atoms with E-state index in [4.69, 9.17) is 0 Å². The number of amides is 1. The van der Waals surface area contributed by atoms with Gasteiger partial charge in [-0.25, -0.2) is 4.98 Å². The van der Waals surface area contributed by atoms with Gasteiger partial charge in [0.2, 0.25) is 5.91 Å². The first-order valence-electron chi connectivity index (χ1n) is 6.31. The molecule has 2 aromatic rings. The Morgan fingerprint density at radius 1 is 1.37 bits per heavy atom. The molecular formula is C14H18N4O. The molecule has 0 aliphatic carbocycles. The van der Waals surface area contributed by atoms with Gasteiger partial charge in [-0.1, -0.05) is 13.0 Å². The maximum absolute atomic E-state index is 11.3. The van der Waals surface area contributed by atoms with Gasteiger partial charge in [-0.2, -0.15) is 0 Å². The maximum Gasteiger partial charge on any atom is 0.224 e. The van der Waals surface area contributed by atoms with Gasteiger partial charge >= 0.3 is 0 Å². The average molecular weight is 258 g/mol. The normalized spacial score (nSPS) is 10.2. The van der Waals surface area contributed by atoms with Crippen LogP contribution in [0, 0.1) is 6.92 Å². The number of anilines is 2. The quantitative estimate of drug-likeness (QED) is 0.772. The van der Waals surface area contributed by atoms with E-state index < -0.39 is 0 Å². The van der Waals surface area contributed by atoms with E-state index in [9.17, 15) is 4.79 Å². The van der Waals surface area contributed by atoms with E-state index in [1.165, 1.54) is 0 Å². The summed E-state index contributed by atoms with van der Waals surface area (Å²) in [6.07, 6.45) is 2.29. The smallest absolute Gasteiger partial charge is 0.224 e. The Morgan fingerprint density at radius 3 is 2.84 bits per heavy atom. The summed E-state index contributed by atoms with van der Waals surface area (Å²) in [6.45, 7) is 4.43. The Kier molecular flexibility index (Phi) is 4.18. The lowest BCUT2D eigenvalue weighted by atomic mass is 10.2. The summed E-state index contributed by atoms with van der Waals surface area (Å²) >= 11 is 0. The van der Waals surface area contributed by atoms with Crippen molar-refractivity contribution < 1.29 is 4.79 Å². The largest absolute Gasteiger partial charge is 0.379 e. The van der Waals surface area contributed by atoms with E-state index in [1.54, 1.807) is 0 Å². The molecule has 100 valence electrons. The fourth-order valence-corrected chi connectivity index (χ4v) is 1.72. The highest BCUT2D eigenvalue weighted by atomic mass is 16.1. The maximum atomic E-state index is 11.3. The second kappa shape index (κ2) is 6.04. The molecule has 0 unspecified atom stereocenters. The van der Waals surface area contributed by atoms with Gasteiger partial charge in [0.1, 0.15) is 5.82 Å². The molecule has 0 aliphatic heterocycles. The highest BCUT2D eigenvalue weighted by molar-refractivity contribution is 5.90. The molecule has 1 aromatic carbocycles. The van der Waals surface area contributed by atoms with Crippen LogP contribution < -0.4 is 10.6 Å². The second-order valence-electron chi connectivity index (χ2n) is 4.33. The lowest BCUT2D eigenvalue weighted by Crippen LogP contribution is -2.09. The third-order valence-electron chi connectivity index (χ3n) is 2.71. The van der Waals surface area contributed by atoms with Gasteiger partial charge in [0.05, 0.1) is 18.4 Å². The zero-order chi connectivity index (χ0) is 13.7. The number of imidazole rings is 1. The Hall–Kier alpha value is -2.30. The number of hydrogen-bond donors (Lipinski definition) is 3. The molecule has 1 heterocycles. The lowest BCUT2D eigenvalue weighted by Gasteiger charge is -2.08. The molecule has 0 atom stereocenters. The number of carbonyl (C=O) groups is 1. The molecule has 0 aliphatic rings. The van der Waals surface area contributed by atoms with Crippen molar-refractivity contribution in [3.63, 3.8) is 0 Å². The molecule has 0 fully saturated rings. The van der Waals surface area contributed by atoms with Crippen molar-refractivity contribution in [3.05, 3.63) is 42.0 Å². The van der Waals surface area contributed by atoms with Crippen molar-refractivity contribution in [3.8, 4) is 0 Å². The summed E-state index contributed by atoms with van der Waals surface area (Å²) < 4.78 is 0. The number of H-pyrrole nitrogens is 1. The molecule has 0 saturated carbocycles. The van der Waals surface area contributed by atoms with Gasteiger partial charge in [-0.15, -0.1) is 0 Å². The van der Waals surface area contributed by atoms with E-state index in [1.807, 2.05) is 44.3 Å². The third-order valence-corrected chi connectivity index (χ3v) is 2.71. The van der Waals surface area contributed by atoms with E-state index in [-0.39, 0.29) is 5.91 Å². The summed E-state index contributed by atoms with van der Waals surface area (Å²) in [7, 11) is 0. The summed E-state index contributed by atoms with van der Waals surface area (Å²) in [4.78, 5) is 18.6. The van der Waals surface area contributed by atoms with Gasteiger partial charge in [-0.3, -0.25) is 4.79 Å². The van der Waals surface area contributed by atoms with Crippen molar-refractivity contribution in [2.24, 2.45) is 0 Å². The predicted octanol–water partition coefficient (Wildman–Crippen LogP) is 2.68. The van der Waals surface area contributed by atoms with Crippen LogP contribution in [-0.4, -0.2) is 15.9 Å². The molecule has 5 nitrogen and oxygen atoms in total. The minimum Gasteiger partial charge on any atom is -0.379 e. The standard InChI is InChI=1S/C14H18N4O/c1-3-14(19)18-12-6-4-5-11(7-12)16-9-13-8-15-10(2)17-13/h4-8,16H,3,9H2,1-2H3,(H,15,17)(H,18,19). The van der Waals surface area contributed by atoms with Gasteiger partial charge in [0.25, 0.3) is 0 Å². The highest BCUT2D eigenvalue weighted by Gasteiger charge is 2.01. The summed E-state index contributed by atoms with van der Waals surface area (Å²) in [5.74, 6) is 0.919. The lowest BCUT2D eigenvalue weighted by molar-refractivity contribution is -0.115. The van der Waals surface area contributed by atoms with E-state index in [0.29, 0.717) is 13.0 Å². The number of rotatable bonds is 5. The number of aromatic amines is 1. The average Bonchev–Trinajstić information content (AvgIpc) is 2.82. The van der Waals surface area contributed by atoms with E-state index in [0.717, 1.165) is 22.9 Å². The van der Waals surface area contributed by atoms with Gasteiger partial charge in [0.15, 0.2) is 0 Å². The number of carbonyl (C=O) groups excluding carboxylic acids is 1. The molecular weight excluding hydrogens is 240 g/mol. The minimum atomic E-state index is 0.0151. The first kappa shape index (κ1) is 13.1. The Bertz CT molecular complexity index is 562. The van der Waals surface area contributed by atoms with Crippen molar-refractivity contribution in [1.29, 1.82) is 0 Å². The molecule has 0 radical (unpaired) electrons. The number of hydrogen-bond acceptors (Lipinski definition) is 3. The van der Waals surface area contributed by atoms with Gasteiger partial charge in [-0.05, 0) is 25.1 Å². The predicted molar refractivity (Wildman–Crippen MR) is 76.0 cm³/mol. The Morgan fingerprint density at radius 2 is 2.16 bits per heavy atom. The molecule has 5 heteroatoms. The Balaban J connectivity index is 1.97. The molecule has 0 saturated heterocycles. The van der Waals surface area contributed by atoms with Crippen LogP contribution in [0.2, 0.25) is 0 Å². The SMILES string of the molecule is CCC(=O)Nc1cccc(NCc2cnc(C)[nH]2)c1. The number of benzene rings is 1. The van der Waals surface area contributed by atoms with E-state index in [2.05, 4.69) is 20.6 Å². The zero-order valence-corrected chi connectivity index (χ0v) is 11.2. The number of nitrogens with one attached hydrogen (secondary N) is 3. The minimum absolute atomic E-state index is 0.0151. The van der Waals surface area contributed by atoms with Gasteiger partial charge in [0, 0.05) is 17.8 Å². The first-order chi connectivity index (χ1) is 9.17. The zero-order valence-electron chi connectivity index (χ0n) is 11.2. The van der Waals surface area contributed by atoms with Crippen molar-refractivity contribution in [2.75, 3.05) is 10.6 Å². The van der Waals surface area contributed by atoms with Crippen LogP contribution in [0.15, 0.2) is 30.5 Å². The number of aromatic nitrogens is 2. The van der Waals surface area contributed by atoms with Crippen LogP contribution in [0.1, 0.15) is 24.9 Å². The summed E-state index contributed by atoms with van der Waals surface area (Å²) in [6, 6.07) is 7.66. The fourth-order valence-electron chi connectivity index (χ4n) is 1.72. The van der Waals surface area contributed by atoms with Crippen molar-refractivity contribution in [1.82, 2.24) is 9.97 Å². The summed E-state index contributed by atoms with van der Waals surface area (Å²) in [5.41, 5.74) is 2.79. The van der Waals surface area contributed by atoms with Crippen LogP contribution in [0.5, 0.6) is 0 Å². The molecule has 2 rings (SSSR count).